The standard InChI is InChI=1S/C16H13F2N3O2S/c1-21-10-15(16(19-21)11-5-3-2-4-6-11)24(22,23)20-12-7-8-13(17)14(18)9-12/h2-10,20H,1H3. The first-order valence-corrected chi connectivity index (χ1v) is 8.42. The van der Waals surface area contributed by atoms with Crippen molar-refractivity contribution in [2.45, 2.75) is 4.90 Å². The number of nitrogens with zero attached hydrogens (tertiary/aromatic N) is 2. The number of hydrogen-bond donors (Lipinski definition) is 1. The van der Waals surface area contributed by atoms with E-state index in [9.17, 15) is 17.2 Å². The number of nitrogens with one attached hydrogen (secondary N) is 1. The summed E-state index contributed by atoms with van der Waals surface area (Å²) in [5, 5.41) is 4.18. The highest BCUT2D eigenvalue weighted by Gasteiger charge is 2.23. The summed E-state index contributed by atoms with van der Waals surface area (Å²) in [6.07, 6.45) is 1.35. The van der Waals surface area contributed by atoms with Crippen molar-refractivity contribution >= 4 is 15.7 Å². The summed E-state index contributed by atoms with van der Waals surface area (Å²) in [4.78, 5) is -0.0547. The molecule has 0 aliphatic heterocycles. The molecule has 0 fully saturated rings. The molecule has 0 aliphatic carbocycles. The summed E-state index contributed by atoms with van der Waals surface area (Å²) >= 11 is 0. The molecule has 0 saturated heterocycles. The summed E-state index contributed by atoms with van der Waals surface area (Å²) in [6.45, 7) is 0. The van der Waals surface area contributed by atoms with Crippen molar-refractivity contribution in [2.75, 3.05) is 4.72 Å². The van der Waals surface area contributed by atoms with Crippen LogP contribution in [-0.4, -0.2) is 18.2 Å². The van der Waals surface area contributed by atoms with Gasteiger partial charge in [0.25, 0.3) is 10.0 Å². The molecule has 0 unspecified atom stereocenters. The first-order valence-electron chi connectivity index (χ1n) is 6.94. The highest BCUT2D eigenvalue weighted by molar-refractivity contribution is 7.92. The summed E-state index contributed by atoms with van der Waals surface area (Å²) in [7, 11) is -2.42. The number of sulfonamides is 1. The van der Waals surface area contributed by atoms with E-state index in [2.05, 4.69) is 9.82 Å². The number of hydrogen-bond acceptors (Lipinski definition) is 3. The van der Waals surface area contributed by atoms with Crippen molar-refractivity contribution < 1.29 is 17.2 Å². The Morgan fingerprint density at radius 2 is 1.75 bits per heavy atom. The zero-order chi connectivity index (χ0) is 17.3. The Balaban J connectivity index is 2.03. The third-order valence-corrected chi connectivity index (χ3v) is 4.69. The highest BCUT2D eigenvalue weighted by Crippen LogP contribution is 2.27. The van der Waals surface area contributed by atoms with Crippen LogP contribution in [0.4, 0.5) is 14.5 Å². The van der Waals surface area contributed by atoms with Crippen LogP contribution in [0.5, 0.6) is 0 Å². The van der Waals surface area contributed by atoms with Crippen LogP contribution in [0.15, 0.2) is 59.6 Å². The molecule has 0 amide bonds. The van der Waals surface area contributed by atoms with Gasteiger partial charge in [-0.1, -0.05) is 30.3 Å². The fourth-order valence-corrected chi connectivity index (χ4v) is 3.48. The van der Waals surface area contributed by atoms with Crippen LogP contribution in [0.25, 0.3) is 11.3 Å². The maximum absolute atomic E-state index is 13.3. The van der Waals surface area contributed by atoms with Crippen LogP contribution in [-0.2, 0) is 17.1 Å². The lowest BCUT2D eigenvalue weighted by Gasteiger charge is -2.08. The minimum atomic E-state index is -4.02. The number of anilines is 1. The molecule has 5 nitrogen and oxygen atoms in total. The van der Waals surface area contributed by atoms with E-state index >= 15 is 0 Å². The smallest absolute Gasteiger partial charge is 0.265 e. The van der Waals surface area contributed by atoms with Crippen molar-refractivity contribution in [1.29, 1.82) is 0 Å². The van der Waals surface area contributed by atoms with Crippen LogP contribution < -0.4 is 4.72 Å². The maximum atomic E-state index is 13.3. The summed E-state index contributed by atoms with van der Waals surface area (Å²) in [5.74, 6) is -2.19. The van der Waals surface area contributed by atoms with E-state index in [0.717, 1.165) is 18.2 Å². The van der Waals surface area contributed by atoms with Crippen molar-refractivity contribution in [3.05, 3.63) is 66.4 Å². The van der Waals surface area contributed by atoms with E-state index in [1.54, 1.807) is 37.4 Å². The van der Waals surface area contributed by atoms with Crippen LogP contribution in [0, 0.1) is 11.6 Å². The molecule has 0 spiro atoms. The molecule has 1 aromatic heterocycles. The van der Waals surface area contributed by atoms with Crippen molar-refractivity contribution in [3.8, 4) is 11.3 Å². The van der Waals surface area contributed by atoms with E-state index < -0.39 is 21.7 Å². The number of rotatable bonds is 4. The third kappa shape index (κ3) is 3.13. The topological polar surface area (TPSA) is 64.0 Å². The second kappa shape index (κ2) is 6.04. The monoisotopic (exact) mass is 349 g/mol. The number of benzene rings is 2. The van der Waals surface area contributed by atoms with E-state index in [-0.39, 0.29) is 16.3 Å². The molecule has 0 aliphatic rings. The lowest BCUT2D eigenvalue weighted by molar-refractivity contribution is 0.509. The Bertz CT molecular complexity index is 986. The Morgan fingerprint density at radius 1 is 1.04 bits per heavy atom. The Labute approximate surface area is 137 Å². The molecule has 2 aromatic carbocycles. The molecule has 0 bridgehead atoms. The van der Waals surface area contributed by atoms with Crippen LogP contribution in [0.3, 0.4) is 0 Å². The molecule has 8 heteroatoms. The van der Waals surface area contributed by atoms with E-state index in [1.165, 1.54) is 10.9 Å². The van der Waals surface area contributed by atoms with Crippen molar-refractivity contribution in [2.24, 2.45) is 7.05 Å². The molecule has 3 aromatic rings. The van der Waals surface area contributed by atoms with Gasteiger partial charge in [0.1, 0.15) is 10.6 Å². The van der Waals surface area contributed by atoms with Gasteiger partial charge in [0.15, 0.2) is 11.6 Å². The van der Waals surface area contributed by atoms with Crippen LogP contribution in [0.1, 0.15) is 0 Å². The normalized spacial score (nSPS) is 11.5. The molecule has 124 valence electrons. The van der Waals surface area contributed by atoms with E-state index in [0.29, 0.717) is 5.56 Å². The first-order chi connectivity index (χ1) is 11.4. The average Bonchev–Trinajstić information content (AvgIpc) is 2.94. The zero-order valence-corrected chi connectivity index (χ0v) is 13.4. The predicted molar refractivity (Wildman–Crippen MR) is 85.8 cm³/mol. The SMILES string of the molecule is Cn1cc(S(=O)(=O)Nc2ccc(F)c(F)c2)c(-c2ccccc2)n1. The van der Waals surface area contributed by atoms with Gasteiger partial charge in [0, 0.05) is 24.9 Å². The summed E-state index contributed by atoms with van der Waals surface area (Å²) in [6, 6.07) is 11.6. The Morgan fingerprint density at radius 3 is 2.42 bits per heavy atom. The van der Waals surface area contributed by atoms with Gasteiger partial charge in [0.2, 0.25) is 0 Å². The summed E-state index contributed by atoms with van der Waals surface area (Å²) < 4.78 is 55.1. The average molecular weight is 349 g/mol. The van der Waals surface area contributed by atoms with Gasteiger partial charge in [-0.25, -0.2) is 17.2 Å². The third-order valence-electron chi connectivity index (χ3n) is 3.30. The van der Waals surface area contributed by atoms with Gasteiger partial charge in [-0.05, 0) is 12.1 Å². The molecule has 0 atom stereocenters. The van der Waals surface area contributed by atoms with Gasteiger partial charge < -0.3 is 0 Å². The molecule has 1 heterocycles. The zero-order valence-electron chi connectivity index (χ0n) is 12.6. The maximum Gasteiger partial charge on any atom is 0.265 e. The summed E-state index contributed by atoms with van der Waals surface area (Å²) in [5.41, 5.74) is 0.828. The number of halogens is 2. The minimum Gasteiger partial charge on any atom is -0.279 e. The molecule has 1 N–H and O–H groups in total. The molecule has 0 radical (unpaired) electrons. The second-order valence-electron chi connectivity index (χ2n) is 5.12. The quantitative estimate of drug-likeness (QED) is 0.787. The van der Waals surface area contributed by atoms with E-state index in [1.807, 2.05) is 0 Å². The lowest BCUT2D eigenvalue weighted by atomic mass is 10.2. The molecule has 3 rings (SSSR count). The van der Waals surface area contributed by atoms with Gasteiger partial charge in [-0.2, -0.15) is 5.10 Å². The fraction of sp³-hybridized carbons (Fsp3) is 0.0625. The first kappa shape index (κ1) is 16.1. The molecular formula is C16H13F2N3O2S. The second-order valence-corrected chi connectivity index (χ2v) is 6.77. The van der Waals surface area contributed by atoms with Gasteiger partial charge >= 0.3 is 0 Å². The van der Waals surface area contributed by atoms with Crippen LogP contribution in [0.2, 0.25) is 0 Å². The van der Waals surface area contributed by atoms with Crippen LogP contribution >= 0.6 is 0 Å². The van der Waals surface area contributed by atoms with Gasteiger partial charge in [0.05, 0.1) is 5.69 Å². The Hall–Kier alpha value is -2.74. The molecule has 24 heavy (non-hydrogen) atoms. The predicted octanol–water partition coefficient (Wildman–Crippen LogP) is 3.17. The molecular weight excluding hydrogens is 336 g/mol. The minimum absolute atomic E-state index is 0.0547. The van der Waals surface area contributed by atoms with Gasteiger partial charge in [-0.15, -0.1) is 0 Å². The number of aromatic nitrogens is 2. The largest absolute Gasteiger partial charge is 0.279 e. The lowest BCUT2D eigenvalue weighted by Crippen LogP contribution is -2.13. The fourth-order valence-electron chi connectivity index (χ4n) is 2.23. The highest BCUT2D eigenvalue weighted by atomic mass is 32.2. The van der Waals surface area contributed by atoms with Crippen molar-refractivity contribution in [3.63, 3.8) is 0 Å². The van der Waals surface area contributed by atoms with Crippen molar-refractivity contribution in [1.82, 2.24) is 9.78 Å². The van der Waals surface area contributed by atoms with E-state index in [4.69, 9.17) is 0 Å². The number of aryl methyl sites for hydroxylation is 1. The Kier molecular flexibility index (Phi) is 4.06. The molecule has 0 saturated carbocycles. The van der Waals surface area contributed by atoms with Gasteiger partial charge in [-0.3, -0.25) is 9.40 Å².